The van der Waals surface area contributed by atoms with E-state index in [2.05, 4.69) is 20.3 Å². The lowest BCUT2D eigenvalue weighted by molar-refractivity contribution is -0.122. The lowest BCUT2D eigenvalue weighted by Crippen LogP contribution is -2.30. The van der Waals surface area contributed by atoms with Crippen LogP contribution in [0.25, 0.3) is 27.7 Å². The van der Waals surface area contributed by atoms with E-state index < -0.39 is 7.12 Å². The van der Waals surface area contributed by atoms with E-state index in [4.69, 9.17) is 15.6 Å². The first kappa shape index (κ1) is 19.0. The van der Waals surface area contributed by atoms with Crippen LogP contribution >= 0.6 is 0 Å². The van der Waals surface area contributed by atoms with E-state index >= 15 is 0 Å². The van der Waals surface area contributed by atoms with E-state index in [1.165, 1.54) is 12.5 Å². The summed E-state index contributed by atoms with van der Waals surface area (Å²) >= 11 is 0. The molecule has 0 atom stereocenters. The van der Waals surface area contributed by atoms with Crippen molar-refractivity contribution in [3.63, 3.8) is 0 Å². The minimum atomic E-state index is -1.57. The molecule has 0 aliphatic carbocycles. The Labute approximate surface area is 159 Å². The van der Waals surface area contributed by atoms with Gasteiger partial charge in [-0.05, 0) is 29.2 Å². The second-order valence-corrected chi connectivity index (χ2v) is 5.63. The smallest absolute Gasteiger partial charge is 0.483 e. The number of nitrogens with zero attached hydrogens (tertiary/aromatic N) is 5. The van der Waals surface area contributed by atoms with Crippen LogP contribution < -0.4 is 11.2 Å². The SMILES string of the molecule is Nc1cnnc2cc(-c3cc(B(O)O)ccc3-n3cncn3)ccc12.O=CO. The van der Waals surface area contributed by atoms with Gasteiger partial charge in [0, 0.05) is 10.9 Å². The van der Waals surface area contributed by atoms with Crippen LogP contribution in [-0.2, 0) is 4.79 Å². The zero-order valence-corrected chi connectivity index (χ0v) is 14.4. The Morgan fingerprint density at radius 2 is 1.93 bits per heavy atom. The molecule has 5 N–H and O–H groups in total. The number of benzene rings is 2. The minimum Gasteiger partial charge on any atom is -0.483 e. The third-order valence-electron chi connectivity index (χ3n) is 3.97. The van der Waals surface area contributed by atoms with Crippen LogP contribution in [0.2, 0.25) is 0 Å². The van der Waals surface area contributed by atoms with E-state index in [1.807, 2.05) is 18.2 Å². The van der Waals surface area contributed by atoms with Gasteiger partial charge in [-0.1, -0.05) is 18.2 Å². The van der Waals surface area contributed by atoms with Gasteiger partial charge in [0.05, 0.1) is 23.1 Å². The number of hydrogen-bond donors (Lipinski definition) is 4. The molecular formula is C17H15BN6O4. The molecule has 0 radical (unpaired) electrons. The standard InChI is InChI=1S/C16H13BN6O2.CH2O2/c18-14-7-20-22-15-5-10(1-3-12(14)15)13-6-11(17(24)25)2-4-16(13)23-9-19-8-21-23;2-1-3/h1-9,24-25H,(H2,18,22);1H,(H,2,3). The maximum atomic E-state index is 9.51. The zero-order chi connectivity index (χ0) is 20.1. The van der Waals surface area contributed by atoms with Crippen LogP contribution in [0.3, 0.4) is 0 Å². The molecule has 2 aromatic carbocycles. The third kappa shape index (κ3) is 3.80. The van der Waals surface area contributed by atoms with Crippen molar-refractivity contribution in [2.45, 2.75) is 0 Å². The number of carboxylic acid groups (broad SMARTS) is 1. The van der Waals surface area contributed by atoms with Crippen molar-refractivity contribution in [3.05, 3.63) is 55.2 Å². The van der Waals surface area contributed by atoms with Gasteiger partial charge in [0.15, 0.2) is 0 Å². The zero-order valence-electron chi connectivity index (χ0n) is 14.4. The fourth-order valence-corrected chi connectivity index (χ4v) is 2.73. The van der Waals surface area contributed by atoms with Gasteiger partial charge in [0.1, 0.15) is 12.7 Å². The maximum Gasteiger partial charge on any atom is 0.488 e. The Morgan fingerprint density at radius 3 is 2.61 bits per heavy atom. The van der Waals surface area contributed by atoms with Crippen molar-refractivity contribution in [2.75, 3.05) is 5.73 Å². The van der Waals surface area contributed by atoms with Crippen LogP contribution in [-0.4, -0.2) is 53.7 Å². The Hall–Kier alpha value is -3.83. The molecule has 0 aliphatic heterocycles. The van der Waals surface area contributed by atoms with Gasteiger partial charge < -0.3 is 20.9 Å². The van der Waals surface area contributed by atoms with Crippen molar-refractivity contribution in [3.8, 4) is 16.8 Å². The number of rotatable bonds is 3. The average Bonchev–Trinajstić information content (AvgIpc) is 3.22. The molecule has 140 valence electrons. The van der Waals surface area contributed by atoms with Gasteiger partial charge in [-0.3, -0.25) is 4.79 Å². The summed E-state index contributed by atoms with van der Waals surface area (Å²) in [4.78, 5) is 12.3. The van der Waals surface area contributed by atoms with Crippen molar-refractivity contribution in [2.24, 2.45) is 0 Å². The monoisotopic (exact) mass is 378 g/mol. The second kappa shape index (κ2) is 8.25. The quantitative estimate of drug-likeness (QED) is 0.280. The first-order valence-corrected chi connectivity index (χ1v) is 7.99. The van der Waals surface area contributed by atoms with Crippen LogP contribution in [0.15, 0.2) is 55.2 Å². The summed E-state index contributed by atoms with van der Waals surface area (Å²) in [6, 6.07) is 10.7. The Kier molecular flexibility index (Phi) is 5.58. The normalized spacial score (nSPS) is 10.2. The van der Waals surface area contributed by atoms with Gasteiger partial charge in [-0.15, -0.1) is 0 Å². The number of fused-ring (bicyclic) bond motifs is 1. The molecule has 0 aliphatic rings. The van der Waals surface area contributed by atoms with Gasteiger partial charge in [-0.25, -0.2) is 9.67 Å². The van der Waals surface area contributed by atoms with Crippen molar-refractivity contribution < 1.29 is 19.9 Å². The lowest BCUT2D eigenvalue weighted by atomic mass is 9.78. The van der Waals surface area contributed by atoms with Gasteiger partial charge in [0.25, 0.3) is 6.47 Å². The molecule has 0 fully saturated rings. The molecule has 2 heterocycles. The molecule has 4 rings (SSSR count). The number of carbonyl (C=O) groups is 1. The summed E-state index contributed by atoms with van der Waals surface area (Å²) in [6.07, 6.45) is 4.52. The highest BCUT2D eigenvalue weighted by atomic mass is 16.4. The predicted octanol–water partition coefficient (Wildman–Crippen LogP) is -0.160. The van der Waals surface area contributed by atoms with Crippen LogP contribution in [0.5, 0.6) is 0 Å². The van der Waals surface area contributed by atoms with E-state index in [9.17, 15) is 10.0 Å². The van der Waals surface area contributed by atoms with E-state index in [1.54, 1.807) is 29.2 Å². The molecule has 11 heteroatoms. The molecule has 0 amide bonds. The molecule has 0 saturated carbocycles. The largest absolute Gasteiger partial charge is 0.488 e. The average molecular weight is 378 g/mol. The summed E-state index contributed by atoms with van der Waals surface area (Å²) in [5.41, 5.74) is 9.82. The van der Waals surface area contributed by atoms with Crippen molar-refractivity contribution in [1.29, 1.82) is 0 Å². The topological polar surface area (TPSA) is 160 Å². The van der Waals surface area contributed by atoms with E-state index in [0.717, 1.165) is 22.2 Å². The highest BCUT2D eigenvalue weighted by molar-refractivity contribution is 6.58. The highest BCUT2D eigenvalue weighted by Gasteiger charge is 2.16. The highest BCUT2D eigenvalue weighted by Crippen LogP contribution is 2.29. The summed E-state index contributed by atoms with van der Waals surface area (Å²) < 4.78 is 1.61. The molecule has 0 unspecified atom stereocenters. The predicted molar refractivity (Wildman–Crippen MR) is 103 cm³/mol. The fourth-order valence-electron chi connectivity index (χ4n) is 2.73. The van der Waals surface area contributed by atoms with E-state index in [0.29, 0.717) is 16.7 Å². The first-order chi connectivity index (χ1) is 13.5. The fraction of sp³-hybridized carbons (Fsp3) is 0. The first-order valence-electron chi connectivity index (χ1n) is 7.99. The second-order valence-electron chi connectivity index (χ2n) is 5.63. The number of aromatic nitrogens is 5. The molecule has 0 spiro atoms. The van der Waals surface area contributed by atoms with Crippen LogP contribution in [0, 0.1) is 0 Å². The third-order valence-corrected chi connectivity index (χ3v) is 3.97. The molecule has 10 nitrogen and oxygen atoms in total. The molecule has 0 bridgehead atoms. The van der Waals surface area contributed by atoms with Gasteiger partial charge in [0.2, 0.25) is 0 Å². The van der Waals surface area contributed by atoms with Crippen LogP contribution in [0.1, 0.15) is 0 Å². The molecule has 4 aromatic rings. The lowest BCUT2D eigenvalue weighted by Gasteiger charge is -2.12. The molecule has 0 saturated heterocycles. The minimum absolute atomic E-state index is 0.250. The van der Waals surface area contributed by atoms with Crippen LogP contribution in [0.4, 0.5) is 5.69 Å². The Morgan fingerprint density at radius 1 is 1.14 bits per heavy atom. The summed E-state index contributed by atoms with van der Waals surface area (Å²) in [7, 11) is -1.57. The number of anilines is 1. The van der Waals surface area contributed by atoms with Crippen molar-refractivity contribution in [1.82, 2.24) is 25.0 Å². The van der Waals surface area contributed by atoms with Gasteiger partial charge in [-0.2, -0.15) is 15.3 Å². The van der Waals surface area contributed by atoms with Gasteiger partial charge >= 0.3 is 7.12 Å². The van der Waals surface area contributed by atoms with E-state index in [-0.39, 0.29) is 6.47 Å². The maximum absolute atomic E-state index is 9.51. The number of hydrogen-bond acceptors (Lipinski definition) is 8. The Bertz CT molecular complexity index is 1100. The molecular weight excluding hydrogens is 363 g/mol. The Balaban J connectivity index is 0.000000706. The molecule has 28 heavy (non-hydrogen) atoms. The molecule has 2 aromatic heterocycles. The summed E-state index contributed by atoms with van der Waals surface area (Å²) in [5, 5.41) is 38.9. The summed E-state index contributed by atoms with van der Waals surface area (Å²) in [5.74, 6) is 0. The number of nitrogens with two attached hydrogens (primary N) is 1. The number of nitrogen functional groups attached to an aromatic ring is 1. The summed E-state index contributed by atoms with van der Waals surface area (Å²) in [6.45, 7) is -0.250. The van der Waals surface area contributed by atoms with Crippen molar-refractivity contribution >= 4 is 35.6 Å².